The number of hydrogen-bond acceptors (Lipinski definition) is 6. The van der Waals surface area contributed by atoms with Crippen molar-refractivity contribution in [2.75, 3.05) is 27.0 Å². The largest absolute Gasteiger partial charge is 0.493 e. The molecule has 0 heterocycles. The second-order valence-corrected chi connectivity index (χ2v) is 8.40. The maximum Gasteiger partial charge on any atom is 0.251 e. The highest BCUT2D eigenvalue weighted by Crippen LogP contribution is 2.27. The highest BCUT2D eigenvalue weighted by Gasteiger charge is 2.14. The van der Waals surface area contributed by atoms with E-state index >= 15 is 0 Å². The average Bonchev–Trinajstić information content (AvgIpc) is 2.70. The zero-order chi connectivity index (χ0) is 21.6. The number of hydrogen-bond donors (Lipinski definition) is 2. The van der Waals surface area contributed by atoms with Gasteiger partial charge in [0.25, 0.3) is 5.91 Å². The minimum atomic E-state index is -3.27. The number of carbonyl (C=O) groups excluding carboxylic acids is 2. The first kappa shape index (κ1) is 22.2. The van der Waals surface area contributed by atoms with Crippen molar-refractivity contribution < 1.29 is 27.5 Å². The molecule has 2 aromatic rings. The topological polar surface area (TPSA) is 111 Å². The van der Waals surface area contributed by atoms with E-state index < -0.39 is 15.7 Å². The van der Waals surface area contributed by atoms with Crippen LogP contribution >= 0.6 is 0 Å². The van der Waals surface area contributed by atoms with Gasteiger partial charge in [-0.2, -0.15) is 0 Å². The Balaban J connectivity index is 1.93. The molecule has 0 radical (unpaired) electrons. The molecule has 0 fully saturated rings. The fourth-order valence-corrected chi connectivity index (χ4v) is 3.25. The molecule has 2 amide bonds. The van der Waals surface area contributed by atoms with Crippen molar-refractivity contribution in [1.29, 1.82) is 0 Å². The zero-order valence-electron chi connectivity index (χ0n) is 16.7. The molecule has 9 heteroatoms. The first-order valence-corrected chi connectivity index (χ1v) is 10.6. The van der Waals surface area contributed by atoms with Crippen LogP contribution in [0.3, 0.4) is 0 Å². The first-order valence-electron chi connectivity index (χ1n) is 8.75. The second-order valence-electron chi connectivity index (χ2n) is 6.38. The molecule has 0 aromatic heterocycles. The number of methoxy groups -OCH3 is 2. The summed E-state index contributed by atoms with van der Waals surface area (Å²) in [5.74, 6) is 0.109. The Kier molecular flexibility index (Phi) is 7.22. The van der Waals surface area contributed by atoms with Crippen molar-refractivity contribution in [2.24, 2.45) is 0 Å². The lowest BCUT2D eigenvalue weighted by Gasteiger charge is -2.15. The van der Waals surface area contributed by atoms with Crippen LogP contribution in [0.5, 0.6) is 11.5 Å². The molecule has 0 aliphatic rings. The van der Waals surface area contributed by atoms with Crippen LogP contribution in [0.1, 0.15) is 28.9 Å². The molecule has 29 heavy (non-hydrogen) atoms. The molecule has 0 unspecified atom stereocenters. The van der Waals surface area contributed by atoms with Gasteiger partial charge in [-0.05, 0) is 42.8 Å². The van der Waals surface area contributed by atoms with Crippen LogP contribution in [-0.4, -0.2) is 47.3 Å². The van der Waals surface area contributed by atoms with E-state index in [1.54, 1.807) is 31.2 Å². The number of ether oxygens (including phenoxy) is 2. The molecule has 0 saturated carbocycles. The van der Waals surface area contributed by atoms with E-state index in [4.69, 9.17) is 9.47 Å². The van der Waals surface area contributed by atoms with Gasteiger partial charge >= 0.3 is 0 Å². The third-order valence-electron chi connectivity index (χ3n) is 4.24. The molecule has 2 rings (SSSR count). The monoisotopic (exact) mass is 420 g/mol. The Bertz CT molecular complexity index is 987. The lowest BCUT2D eigenvalue weighted by Crippen LogP contribution is -2.38. The highest BCUT2D eigenvalue weighted by atomic mass is 32.2. The van der Waals surface area contributed by atoms with Crippen molar-refractivity contribution in [3.8, 4) is 11.5 Å². The predicted octanol–water partition coefficient (Wildman–Crippen LogP) is 1.71. The van der Waals surface area contributed by atoms with E-state index in [2.05, 4.69) is 10.6 Å². The van der Waals surface area contributed by atoms with Gasteiger partial charge in [0.15, 0.2) is 21.3 Å². The molecule has 0 aliphatic heterocycles. The number of benzene rings is 2. The number of carbonyl (C=O) groups is 2. The van der Waals surface area contributed by atoms with E-state index in [0.717, 1.165) is 11.8 Å². The van der Waals surface area contributed by atoms with Gasteiger partial charge in [-0.15, -0.1) is 0 Å². The van der Waals surface area contributed by atoms with E-state index in [-0.39, 0.29) is 23.4 Å². The van der Waals surface area contributed by atoms with Crippen LogP contribution in [0.4, 0.5) is 0 Å². The summed E-state index contributed by atoms with van der Waals surface area (Å²) >= 11 is 0. The smallest absolute Gasteiger partial charge is 0.251 e. The molecule has 2 aromatic carbocycles. The third kappa shape index (κ3) is 5.95. The number of amides is 2. The molecular weight excluding hydrogens is 396 g/mol. The van der Waals surface area contributed by atoms with Crippen LogP contribution < -0.4 is 20.1 Å². The normalized spacial score (nSPS) is 12.0. The van der Waals surface area contributed by atoms with Gasteiger partial charge in [0, 0.05) is 11.8 Å². The molecule has 156 valence electrons. The van der Waals surface area contributed by atoms with Crippen LogP contribution in [-0.2, 0) is 14.6 Å². The molecular formula is C20H24N2O6S. The van der Waals surface area contributed by atoms with Gasteiger partial charge in [0.2, 0.25) is 5.91 Å². The number of sulfone groups is 1. The lowest BCUT2D eigenvalue weighted by molar-refractivity contribution is -0.120. The molecule has 0 aliphatic carbocycles. The molecule has 0 saturated heterocycles. The van der Waals surface area contributed by atoms with Gasteiger partial charge < -0.3 is 20.1 Å². The summed E-state index contributed by atoms with van der Waals surface area (Å²) in [6, 6.07) is 10.6. The van der Waals surface area contributed by atoms with Crippen LogP contribution in [0.2, 0.25) is 0 Å². The van der Waals surface area contributed by atoms with Crippen LogP contribution in [0, 0.1) is 0 Å². The summed E-state index contributed by atoms with van der Waals surface area (Å²) in [4.78, 5) is 24.6. The summed E-state index contributed by atoms with van der Waals surface area (Å²) in [5, 5.41) is 5.30. The molecule has 2 N–H and O–H groups in total. The van der Waals surface area contributed by atoms with Gasteiger partial charge in [-0.25, -0.2) is 8.42 Å². The van der Waals surface area contributed by atoms with Crippen molar-refractivity contribution in [3.63, 3.8) is 0 Å². The summed E-state index contributed by atoms with van der Waals surface area (Å²) in [6.07, 6.45) is 1.13. The van der Waals surface area contributed by atoms with E-state index in [9.17, 15) is 18.0 Å². The maximum absolute atomic E-state index is 12.3. The summed E-state index contributed by atoms with van der Waals surface area (Å²) < 4.78 is 33.3. The standard InChI is InChI=1S/C20H24N2O6S/c1-13(14-5-8-16(9-6-14)29(4,25)26)22-19(23)12-21-20(24)15-7-10-17(27-2)18(11-15)28-3/h5-11,13H,12H2,1-4H3,(H,21,24)(H,22,23)/t13-/m0/s1. The minimum absolute atomic E-state index is 0.209. The Hall–Kier alpha value is -3.07. The second kappa shape index (κ2) is 9.42. The molecule has 0 spiro atoms. The summed E-state index contributed by atoms with van der Waals surface area (Å²) in [5.41, 5.74) is 1.08. The van der Waals surface area contributed by atoms with Crippen molar-refractivity contribution in [1.82, 2.24) is 10.6 Å². The SMILES string of the molecule is COc1ccc(C(=O)NCC(=O)N[C@@H](C)c2ccc(S(C)(=O)=O)cc2)cc1OC. The lowest BCUT2D eigenvalue weighted by atomic mass is 10.1. The molecule has 1 atom stereocenters. The Morgan fingerprint density at radius 1 is 1.00 bits per heavy atom. The minimum Gasteiger partial charge on any atom is -0.493 e. The fraction of sp³-hybridized carbons (Fsp3) is 0.300. The molecule has 8 nitrogen and oxygen atoms in total. The first-order chi connectivity index (χ1) is 13.7. The van der Waals surface area contributed by atoms with Crippen molar-refractivity contribution >= 4 is 21.7 Å². The summed E-state index contributed by atoms with van der Waals surface area (Å²) in [6.45, 7) is 1.56. The Morgan fingerprint density at radius 2 is 1.62 bits per heavy atom. The Morgan fingerprint density at radius 3 is 2.17 bits per heavy atom. The zero-order valence-corrected chi connectivity index (χ0v) is 17.5. The predicted molar refractivity (Wildman–Crippen MR) is 108 cm³/mol. The summed E-state index contributed by atoms with van der Waals surface area (Å²) in [7, 11) is -0.307. The van der Waals surface area contributed by atoms with Crippen LogP contribution in [0.25, 0.3) is 0 Å². The van der Waals surface area contributed by atoms with Gasteiger partial charge in [0.05, 0.1) is 31.7 Å². The van der Waals surface area contributed by atoms with Crippen molar-refractivity contribution in [2.45, 2.75) is 17.9 Å². The number of nitrogens with one attached hydrogen (secondary N) is 2. The van der Waals surface area contributed by atoms with Crippen LogP contribution in [0.15, 0.2) is 47.4 Å². The van der Waals surface area contributed by atoms with E-state index in [1.165, 1.54) is 32.4 Å². The van der Waals surface area contributed by atoms with Gasteiger partial charge in [-0.1, -0.05) is 12.1 Å². The third-order valence-corrected chi connectivity index (χ3v) is 5.37. The van der Waals surface area contributed by atoms with Gasteiger partial charge in [-0.3, -0.25) is 9.59 Å². The highest BCUT2D eigenvalue weighted by molar-refractivity contribution is 7.90. The number of rotatable bonds is 8. The Labute approximate surface area is 170 Å². The fourth-order valence-electron chi connectivity index (χ4n) is 2.62. The van der Waals surface area contributed by atoms with E-state index in [1.807, 2.05) is 0 Å². The average molecular weight is 420 g/mol. The van der Waals surface area contributed by atoms with E-state index in [0.29, 0.717) is 17.1 Å². The molecule has 0 bridgehead atoms. The van der Waals surface area contributed by atoms with Crippen molar-refractivity contribution in [3.05, 3.63) is 53.6 Å². The maximum atomic E-state index is 12.3. The quantitative estimate of drug-likeness (QED) is 0.673. The van der Waals surface area contributed by atoms with Gasteiger partial charge in [0.1, 0.15) is 0 Å².